The molecule has 0 aliphatic heterocycles. The van der Waals surface area contributed by atoms with Crippen LogP contribution in [0.15, 0.2) is 12.5 Å². The maximum atomic E-state index is 8.44. The number of hydrogen-bond donors (Lipinski definition) is 1. The summed E-state index contributed by atoms with van der Waals surface area (Å²) in [7, 11) is 0. The summed E-state index contributed by atoms with van der Waals surface area (Å²) >= 11 is 5.48. The maximum Gasteiger partial charge on any atom is 0.146 e. The number of aliphatic hydroxyl groups is 1. The van der Waals surface area contributed by atoms with E-state index < -0.39 is 0 Å². The highest BCUT2D eigenvalue weighted by Crippen LogP contribution is 2.01. The van der Waals surface area contributed by atoms with Gasteiger partial charge in [0.1, 0.15) is 5.15 Å². The van der Waals surface area contributed by atoms with Crippen LogP contribution in [0.25, 0.3) is 0 Å². The van der Waals surface area contributed by atoms with Gasteiger partial charge >= 0.3 is 0 Å². The summed E-state index contributed by atoms with van der Waals surface area (Å²) in [6.07, 6.45) is 3.25. The highest BCUT2D eigenvalue weighted by molar-refractivity contribution is 6.29. The first-order chi connectivity index (χ1) is 4.33. The number of aromatic nitrogens is 2. The van der Waals surface area contributed by atoms with Crippen LogP contribution < -0.4 is 0 Å². The average Bonchev–Trinajstić information content (AvgIpc) is 2.17. The number of imidazole rings is 1. The van der Waals surface area contributed by atoms with Crippen molar-refractivity contribution in [3.05, 3.63) is 17.7 Å². The third-order valence-corrected chi connectivity index (χ3v) is 1.16. The van der Waals surface area contributed by atoms with Crippen LogP contribution in [-0.4, -0.2) is 21.3 Å². The Morgan fingerprint density at radius 3 is 3.00 bits per heavy atom. The molecule has 9 heavy (non-hydrogen) atoms. The van der Waals surface area contributed by atoms with E-state index in [9.17, 15) is 0 Å². The van der Waals surface area contributed by atoms with E-state index in [1.807, 2.05) is 0 Å². The monoisotopic (exact) mass is 146 g/mol. The van der Waals surface area contributed by atoms with Gasteiger partial charge in [0.15, 0.2) is 0 Å². The molecule has 0 amide bonds. The predicted octanol–water partition coefficient (Wildman–Crippen LogP) is 0.529. The zero-order chi connectivity index (χ0) is 6.69. The van der Waals surface area contributed by atoms with Crippen molar-refractivity contribution in [1.82, 2.24) is 9.55 Å². The SMILES string of the molecule is OCCn1cnc(Cl)c1. The van der Waals surface area contributed by atoms with Gasteiger partial charge in [-0.1, -0.05) is 11.6 Å². The summed E-state index contributed by atoms with van der Waals surface area (Å²) in [5.74, 6) is 0. The van der Waals surface area contributed by atoms with Crippen LogP contribution >= 0.6 is 11.6 Å². The van der Waals surface area contributed by atoms with E-state index in [2.05, 4.69) is 4.98 Å². The van der Waals surface area contributed by atoms with Gasteiger partial charge in [0, 0.05) is 12.7 Å². The van der Waals surface area contributed by atoms with E-state index >= 15 is 0 Å². The van der Waals surface area contributed by atoms with Gasteiger partial charge in [0.05, 0.1) is 12.9 Å². The van der Waals surface area contributed by atoms with Crippen LogP contribution in [0.4, 0.5) is 0 Å². The summed E-state index contributed by atoms with van der Waals surface area (Å²) < 4.78 is 1.72. The van der Waals surface area contributed by atoms with Gasteiger partial charge in [-0.2, -0.15) is 0 Å². The second kappa shape index (κ2) is 2.85. The molecule has 0 aliphatic rings. The number of rotatable bonds is 2. The van der Waals surface area contributed by atoms with Gasteiger partial charge < -0.3 is 9.67 Å². The van der Waals surface area contributed by atoms with Gasteiger partial charge in [0.2, 0.25) is 0 Å². The Morgan fingerprint density at radius 2 is 2.56 bits per heavy atom. The van der Waals surface area contributed by atoms with Crippen molar-refractivity contribution in [2.24, 2.45) is 0 Å². The lowest BCUT2D eigenvalue weighted by molar-refractivity contribution is 0.276. The Balaban J connectivity index is 2.61. The first kappa shape index (κ1) is 6.58. The Kier molecular flexibility index (Phi) is 2.08. The zero-order valence-corrected chi connectivity index (χ0v) is 5.54. The molecule has 1 heterocycles. The van der Waals surface area contributed by atoms with E-state index in [0.717, 1.165) is 0 Å². The predicted molar refractivity (Wildman–Crippen MR) is 34.3 cm³/mol. The van der Waals surface area contributed by atoms with Crippen LogP contribution in [0.1, 0.15) is 0 Å². The van der Waals surface area contributed by atoms with Crippen molar-refractivity contribution in [3.63, 3.8) is 0 Å². The van der Waals surface area contributed by atoms with Gasteiger partial charge in [-0.15, -0.1) is 0 Å². The molecule has 50 valence electrons. The third-order valence-electron chi connectivity index (χ3n) is 0.960. The molecule has 1 N–H and O–H groups in total. The van der Waals surface area contributed by atoms with E-state index in [-0.39, 0.29) is 6.61 Å². The van der Waals surface area contributed by atoms with Gasteiger partial charge in [0.25, 0.3) is 0 Å². The van der Waals surface area contributed by atoms with Crippen molar-refractivity contribution in [1.29, 1.82) is 0 Å². The molecule has 0 aliphatic carbocycles. The second-order valence-electron chi connectivity index (χ2n) is 1.66. The molecule has 0 fully saturated rings. The van der Waals surface area contributed by atoms with Gasteiger partial charge in [-0.3, -0.25) is 0 Å². The molecule has 0 atom stereocenters. The molecule has 3 nitrogen and oxygen atoms in total. The molecule has 0 saturated heterocycles. The Hall–Kier alpha value is -0.540. The molecule has 0 radical (unpaired) electrons. The van der Waals surface area contributed by atoms with Crippen molar-refractivity contribution in [2.45, 2.75) is 6.54 Å². The van der Waals surface area contributed by atoms with Crippen molar-refractivity contribution < 1.29 is 5.11 Å². The maximum absolute atomic E-state index is 8.44. The summed E-state index contributed by atoms with van der Waals surface area (Å²) in [5, 5.41) is 8.90. The summed E-state index contributed by atoms with van der Waals surface area (Å²) in [5.41, 5.74) is 0. The topological polar surface area (TPSA) is 38.0 Å². The van der Waals surface area contributed by atoms with E-state index in [0.29, 0.717) is 11.7 Å². The lowest BCUT2D eigenvalue weighted by Crippen LogP contribution is -1.97. The highest BCUT2D eigenvalue weighted by Gasteiger charge is 1.91. The molecule has 0 spiro atoms. The average molecular weight is 147 g/mol. The Bertz CT molecular complexity index is 187. The minimum atomic E-state index is 0.118. The molecule has 0 saturated carbocycles. The fourth-order valence-electron chi connectivity index (χ4n) is 0.571. The Labute approximate surface area is 57.9 Å². The third kappa shape index (κ3) is 1.69. The van der Waals surface area contributed by atoms with E-state index in [1.54, 1.807) is 17.1 Å². The fraction of sp³-hybridized carbons (Fsp3) is 0.400. The molecule has 0 aromatic carbocycles. The highest BCUT2D eigenvalue weighted by atomic mass is 35.5. The van der Waals surface area contributed by atoms with Crippen LogP contribution in [0.2, 0.25) is 5.15 Å². The molecular formula is C5H7ClN2O. The van der Waals surface area contributed by atoms with Crippen LogP contribution in [-0.2, 0) is 6.54 Å². The molecule has 0 unspecified atom stereocenters. The lowest BCUT2D eigenvalue weighted by Gasteiger charge is -1.93. The Morgan fingerprint density at radius 1 is 1.78 bits per heavy atom. The largest absolute Gasteiger partial charge is 0.395 e. The van der Waals surface area contributed by atoms with Crippen molar-refractivity contribution >= 4 is 11.6 Å². The lowest BCUT2D eigenvalue weighted by atomic mass is 10.7. The summed E-state index contributed by atoms with van der Waals surface area (Å²) in [4.78, 5) is 3.75. The minimum absolute atomic E-state index is 0.118. The number of hydrogen-bond acceptors (Lipinski definition) is 2. The summed E-state index contributed by atoms with van der Waals surface area (Å²) in [6.45, 7) is 0.673. The number of aliphatic hydroxyl groups excluding tert-OH is 1. The van der Waals surface area contributed by atoms with Crippen molar-refractivity contribution in [2.75, 3.05) is 6.61 Å². The van der Waals surface area contributed by atoms with Crippen LogP contribution in [0.5, 0.6) is 0 Å². The standard InChI is InChI=1S/C5H7ClN2O/c6-5-3-8(1-2-9)4-7-5/h3-4,9H,1-2H2. The number of nitrogens with zero attached hydrogens (tertiary/aromatic N) is 2. The fourth-order valence-corrected chi connectivity index (χ4v) is 0.740. The van der Waals surface area contributed by atoms with Crippen LogP contribution in [0, 0.1) is 0 Å². The summed E-state index contributed by atoms with van der Waals surface area (Å²) in [6, 6.07) is 0. The molecule has 4 heteroatoms. The number of halogens is 1. The van der Waals surface area contributed by atoms with Crippen molar-refractivity contribution in [3.8, 4) is 0 Å². The molecular weight excluding hydrogens is 140 g/mol. The normalized spacial score (nSPS) is 10.0. The van der Waals surface area contributed by atoms with Gasteiger partial charge in [-0.25, -0.2) is 4.98 Å². The second-order valence-corrected chi connectivity index (χ2v) is 2.05. The van der Waals surface area contributed by atoms with E-state index in [1.165, 1.54) is 0 Å². The molecule has 1 rings (SSSR count). The zero-order valence-electron chi connectivity index (χ0n) is 4.79. The molecule has 0 bridgehead atoms. The smallest absolute Gasteiger partial charge is 0.146 e. The molecule has 1 aromatic heterocycles. The first-order valence-corrected chi connectivity index (χ1v) is 2.99. The minimum Gasteiger partial charge on any atom is -0.395 e. The van der Waals surface area contributed by atoms with Crippen LogP contribution in [0.3, 0.4) is 0 Å². The van der Waals surface area contributed by atoms with E-state index in [4.69, 9.17) is 16.7 Å². The van der Waals surface area contributed by atoms with Gasteiger partial charge in [-0.05, 0) is 0 Å². The molecule has 1 aromatic rings. The first-order valence-electron chi connectivity index (χ1n) is 2.61. The quantitative estimate of drug-likeness (QED) is 0.661.